The summed E-state index contributed by atoms with van der Waals surface area (Å²) in [7, 11) is 0. The van der Waals surface area contributed by atoms with Crippen molar-refractivity contribution in [1.29, 1.82) is 0 Å². The van der Waals surface area contributed by atoms with Gasteiger partial charge in [0, 0.05) is 11.8 Å². The second-order valence-corrected chi connectivity index (χ2v) is 3.98. The molecule has 11 heavy (non-hydrogen) atoms. The van der Waals surface area contributed by atoms with Crippen molar-refractivity contribution >= 4 is 0 Å². The third kappa shape index (κ3) is 0.646. The van der Waals surface area contributed by atoms with Crippen molar-refractivity contribution < 1.29 is 5.11 Å². The molecule has 0 amide bonds. The first kappa shape index (κ1) is 6.01. The summed E-state index contributed by atoms with van der Waals surface area (Å²) >= 11 is 0. The van der Waals surface area contributed by atoms with Gasteiger partial charge in [-0.25, -0.2) is 0 Å². The molecule has 4 unspecified atom stereocenters. The first-order valence-electron chi connectivity index (χ1n) is 4.41. The summed E-state index contributed by atoms with van der Waals surface area (Å²) in [5.74, 6) is 2.58. The molecule has 4 atom stereocenters. The number of hydrogen-bond donors (Lipinski definition) is 1. The predicted octanol–water partition coefficient (Wildman–Crippen LogP) is 1.36. The van der Waals surface area contributed by atoms with Gasteiger partial charge in [-0.2, -0.15) is 0 Å². The molecule has 58 valence electrons. The first-order valence-corrected chi connectivity index (χ1v) is 4.41. The zero-order valence-corrected chi connectivity index (χ0v) is 6.35. The highest BCUT2D eigenvalue weighted by molar-refractivity contribution is 5.24. The van der Waals surface area contributed by atoms with Gasteiger partial charge in [-0.15, -0.1) is 0 Å². The van der Waals surface area contributed by atoms with E-state index >= 15 is 0 Å². The van der Waals surface area contributed by atoms with Gasteiger partial charge in [-0.3, -0.25) is 0 Å². The summed E-state index contributed by atoms with van der Waals surface area (Å²) in [5.41, 5.74) is 0. The Bertz CT molecular complexity index is 217. The number of fused-ring (bicyclic) bond motifs is 5. The van der Waals surface area contributed by atoms with Gasteiger partial charge in [-0.1, -0.05) is 24.3 Å². The van der Waals surface area contributed by atoms with Crippen molar-refractivity contribution in [3.8, 4) is 0 Å². The molecule has 0 spiro atoms. The Labute approximate surface area is 66.4 Å². The molecule has 0 radical (unpaired) electrons. The van der Waals surface area contributed by atoms with Gasteiger partial charge in [0.05, 0.1) is 6.10 Å². The van der Waals surface area contributed by atoms with E-state index < -0.39 is 0 Å². The highest BCUT2D eigenvalue weighted by Gasteiger charge is 2.57. The van der Waals surface area contributed by atoms with Crippen molar-refractivity contribution in [2.75, 3.05) is 0 Å². The Morgan fingerprint density at radius 3 is 2.09 bits per heavy atom. The molecule has 2 bridgehead atoms. The van der Waals surface area contributed by atoms with E-state index in [-0.39, 0.29) is 6.10 Å². The summed E-state index contributed by atoms with van der Waals surface area (Å²) in [6.45, 7) is 0. The van der Waals surface area contributed by atoms with Crippen LogP contribution < -0.4 is 0 Å². The van der Waals surface area contributed by atoms with Crippen molar-refractivity contribution in [2.45, 2.75) is 12.5 Å². The fourth-order valence-electron chi connectivity index (χ4n) is 2.78. The SMILES string of the molecule is OC1C2C=CC=CC1C1CC21. The lowest BCUT2D eigenvalue weighted by Crippen LogP contribution is -2.21. The summed E-state index contributed by atoms with van der Waals surface area (Å²) < 4.78 is 0. The van der Waals surface area contributed by atoms with Crippen molar-refractivity contribution in [2.24, 2.45) is 23.7 Å². The van der Waals surface area contributed by atoms with Gasteiger partial charge in [0.1, 0.15) is 0 Å². The number of aliphatic hydroxyl groups is 1. The van der Waals surface area contributed by atoms with E-state index in [1.54, 1.807) is 0 Å². The number of aliphatic hydroxyl groups excluding tert-OH is 1. The fraction of sp³-hybridized carbons (Fsp3) is 0.600. The van der Waals surface area contributed by atoms with E-state index in [1.165, 1.54) is 6.42 Å². The second-order valence-electron chi connectivity index (χ2n) is 3.98. The van der Waals surface area contributed by atoms with Gasteiger partial charge in [-0.05, 0) is 18.3 Å². The van der Waals surface area contributed by atoms with Crippen LogP contribution in [0.15, 0.2) is 24.3 Å². The molecule has 3 aliphatic carbocycles. The third-order valence-electron chi connectivity index (χ3n) is 3.45. The quantitative estimate of drug-likeness (QED) is 0.550. The lowest BCUT2D eigenvalue weighted by molar-refractivity contribution is 0.107. The molecule has 2 fully saturated rings. The Balaban J connectivity index is 2.04. The molecular weight excluding hydrogens is 136 g/mol. The van der Waals surface area contributed by atoms with Crippen LogP contribution in [0, 0.1) is 23.7 Å². The number of rotatable bonds is 0. The summed E-state index contributed by atoms with van der Waals surface area (Å²) in [5, 5.41) is 9.79. The van der Waals surface area contributed by atoms with Gasteiger partial charge in [0.15, 0.2) is 0 Å². The molecule has 0 aromatic heterocycles. The van der Waals surface area contributed by atoms with E-state index in [0.29, 0.717) is 11.8 Å². The van der Waals surface area contributed by atoms with E-state index in [2.05, 4.69) is 24.3 Å². The number of allylic oxidation sites excluding steroid dienone is 2. The maximum Gasteiger partial charge on any atom is 0.0671 e. The van der Waals surface area contributed by atoms with Crippen LogP contribution in [-0.2, 0) is 0 Å². The standard InChI is InChI=1S/C10H12O/c11-10-6-3-1-2-4-7(10)9-5-8(6)9/h1-4,6-11H,5H2. The second kappa shape index (κ2) is 1.78. The molecule has 3 rings (SSSR count). The van der Waals surface area contributed by atoms with Crippen LogP contribution in [0.5, 0.6) is 0 Å². The molecule has 1 nitrogen and oxygen atoms in total. The van der Waals surface area contributed by atoms with Crippen LogP contribution in [0.25, 0.3) is 0 Å². The maximum absolute atomic E-state index is 9.79. The Hall–Kier alpha value is -0.560. The van der Waals surface area contributed by atoms with Crippen LogP contribution in [0.1, 0.15) is 6.42 Å². The zero-order valence-electron chi connectivity index (χ0n) is 6.35. The molecule has 0 aromatic rings. The molecule has 3 aliphatic rings. The van der Waals surface area contributed by atoms with E-state index in [4.69, 9.17) is 0 Å². The molecule has 0 saturated heterocycles. The maximum atomic E-state index is 9.79. The molecule has 0 aromatic carbocycles. The third-order valence-corrected chi connectivity index (χ3v) is 3.45. The van der Waals surface area contributed by atoms with Crippen LogP contribution in [-0.4, -0.2) is 11.2 Å². The average molecular weight is 148 g/mol. The van der Waals surface area contributed by atoms with E-state index in [9.17, 15) is 5.11 Å². The van der Waals surface area contributed by atoms with Crippen LogP contribution in [0.3, 0.4) is 0 Å². The van der Waals surface area contributed by atoms with Crippen molar-refractivity contribution in [3.05, 3.63) is 24.3 Å². The van der Waals surface area contributed by atoms with Gasteiger partial charge >= 0.3 is 0 Å². The smallest absolute Gasteiger partial charge is 0.0671 e. The lowest BCUT2D eigenvalue weighted by Gasteiger charge is -2.16. The summed E-state index contributed by atoms with van der Waals surface area (Å²) in [6, 6.07) is 0. The summed E-state index contributed by atoms with van der Waals surface area (Å²) in [6.07, 6.45) is 9.80. The minimum atomic E-state index is -0.0752. The average Bonchev–Trinajstić information content (AvgIpc) is 2.63. The van der Waals surface area contributed by atoms with Gasteiger partial charge in [0.2, 0.25) is 0 Å². The molecular formula is C10H12O. The normalized spacial score (nSPS) is 57.4. The molecule has 2 saturated carbocycles. The van der Waals surface area contributed by atoms with Crippen molar-refractivity contribution in [1.82, 2.24) is 0 Å². The molecule has 0 aliphatic heterocycles. The van der Waals surface area contributed by atoms with Gasteiger partial charge in [0.25, 0.3) is 0 Å². The zero-order chi connectivity index (χ0) is 7.42. The predicted molar refractivity (Wildman–Crippen MR) is 42.9 cm³/mol. The number of hydrogen-bond acceptors (Lipinski definition) is 1. The van der Waals surface area contributed by atoms with E-state index in [0.717, 1.165) is 11.8 Å². The Morgan fingerprint density at radius 2 is 1.55 bits per heavy atom. The summed E-state index contributed by atoms with van der Waals surface area (Å²) in [4.78, 5) is 0. The minimum absolute atomic E-state index is 0.0752. The monoisotopic (exact) mass is 148 g/mol. The first-order chi connectivity index (χ1) is 5.38. The van der Waals surface area contributed by atoms with Crippen LogP contribution >= 0.6 is 0 Å². The van der Waals surface area contributed by atoms with Crippen molar-refractivity contribution in [3.63, 3.8) is 0 Å². The van der Waals surface area contributed by atoms with E-state index in [1.807, 2.05) is 0 Å². The topological polar surface area (TPSA) is 20.2 Å². The van der Waals surface area contributed by atoms with Crippen LogP contribution in [0.4, 0.5) is 0 Å². The largest absolute Gasteiger partial charge is 0.392 e. The minimum Gasteiger partial charge on any atom is -0.392 e. The highest BCUT2D eigenvalue weighted by atomic mass is 16.3. The highest BCUT2D eigenvalue weighted by Crippen LogP contribution is 2.60. The fourth-order valence-corrected chi connectivity index (χ4v) is 2.78. The lowest BCUT2D eigenvalue weighted by atomic mass is 9.95. The van der Waals surface area contributed by atoms with Gasteiger partial charge < -0.3 is 5.11 Å². The Kier molecular flexibility index (Phi) is 0.972. The Morgan fingerprint density at radius 1 is 1.00 bits per heavy atom. The van der Waals surface area contributed by atoms with Crippen LogP contribution in [0.2, 0.25) is 0 Å². The molecule has 1 heteroatoms. The molecule has 0 heterocycles. The molecule has 1 N–H and O–H groups in total.